The normalized spacial score (nSPS) is 19.7. The molecule has 10 heteroatoms. The highest BCUT2D eigenvalue weighted by Gasteiger charge is 2.30. The number of pyridine rings is 1. The van der Waals surface area contributed by atoms with Gasteiger partial charge in [-0.25, -0.2) is 14.8 Å². The van der Waals surface area contributed by atoms with Crippen molar-refractivity contribution in [2.24, 2.45) is 0 Å². The van der Waals surface area contributed by atoms with Gasteiger partial charge in [0.15, 0.2) is 0 Å². The van der Waals surface area contributed by atoms with Crippen molar-refractivity contribution in [1.82, 2.24) is 19.5 Å². The smallest absolute Gasteiger partial charge is 0.335 e. The predicted octanol–water partition coefficient (Wildman–Crippen LogP) is 6.93. The first kappa shape index (κ1) is 29.8. The monoisotopic (exact) mass is 626 g/mol. The lowest BCUT2D eigenvalue weighted by Gasteiger charge is -2.28. The van der Waals surface area contributed by atoms with Gasteiger partial charge in [-0.15, -0.1) is 0 Å². The number of hydrogen-bond donors (Lipinski definition) is 2. The summed E-state index contributed by atoms with van der Waals surface area (Å²) >= 11 is 1.59. The zero-order valence-corrected chi connectivity index (χ0v) is 26.5. The van der Waals surface area contributed by atoms with Gasteiger partial charge in [-0.2, -0.15) is 0 Å². The number of allylic oxidation sites excluding steroid dienone is 1. The summed E-state index contributed by atoms with van der Waals surface area (Å²) in [6.07, 6.45) is 5.65. The molecule has 234 valence electrons. The molecular formula is C35H38N4O5S. The molecule has 7 rings (SSSR count). The van der Waals surface area contributed by atoms with E-state index < -0.39 is 5.97 Å². The summed E-state index contributed by atoms with van der Waals surface area (Å²) in [6.45, 7) is 6.12. The number of carboxylic acids is 1. The molecule has 2 fully saturated rings. The van der Waals surface area contributed by atoms with Crippen LogP contribution in [0, 0.1) is 0 Å². The topological polar surface area (TPSA) is 108 Å². The Morgan fingerprint density at radius 1 is 1.02 bits per heavy atom. The van der Waals surface area contributed by atoms with Crippen LogP contribution in [0.3, 0.4) is 0 Å². The van der Waals surface area contributed by atoms with Crippen LogP contribution in [0.25, 0.3) is 38.0 Å². The summed E-state index contributed by atoms with van der Waals surface area (Å²) in [5.74, 6) is -0.660. The van der Waals surface area contributed by atoms with Crippen molar-refractivity contribution in [3.8, 4) is 11.3 Å². The Bertz CT molecular complexity index is 1840. The summed E-state index contributed by atoms with van der Waals surface area (Å²) in [5, 5.41) is 23.5. The maximum atomic E-state index is 13.7. The van der Waals surface area contributed by atoms with Crippen molar-refractivity contribution in [1.29, 1.82) is 0 Å². The van der Waals surface area contributed by atoms with Crippen LogP contribution in [0.1, 0.15) is 73.5 Å². The molecule has 0 radical (unpaired) electrons. The van der Waals surface area contributed by atoms with Crippen LogP contribution in [0.15, 0.2) is 54.2 Å². The summed E-state index contributed by atoms with van der Waals surface area (Å²) in [4.78, 5) is 33.6. The second-order valence-electron chi connectivity index (χ2n) is 12.3. The second kappa shape index (κ2) is 12.2. The number of carboxylic acid groups (broad SMARTS) is 1. The van der Waals surface area contributed by atoms with Gasteiger partial charge in [-0.3, -0.25) is 10.0 Å². The highest BCUT2D eigenvalue weighted by molar-refractivity contribution is 8.09. The lowest BCUT2D eigenvalue weighted by atomic mass is 9.81. The van der Waals surface area contributed by atoms with E-state index in [9.17, 15) is 19.9 Å². The van der Waals surface area contributed by atoms with E-state index in [0.717, 1.165) is 75.0 Å². The second-order valence-corrected chi connectivity index (χ2v) is 13.6. The number of aromatic carboxylic acids is 1. The van der Waals surface area contributed by atoms with Crippen molar-refractivity contribution in [2.75, 3.05) is 26.3 Å². The fourth-order valence-corrected chi connectivity index (χ4v) is 8.26. The zero-order chi connectivity index (χ0) is 31.2. The van der Waals surface area contributed by atoms with Crippen molar-refractivity contribution in [2.45, 2.75) is 63.8 Å². The van der Waals surface area contributed by atoms with E-state index in [-0.39, 0.29) is 23.4 Å². The molecular weight excluding hydrogens is 588 g/mol. The molecule has 0 spiro atoms. The fraction of sp³-hybridized carbons (Fsp3) is 0.400. The molecule has 2 aromatic carbocycles. The molecule has 1 saturated heterocycles. The third-order valence-corrected chi connectivity index (χ3v) is 10.8. The minimum absolute atomic E-state index is 0.00401. The molecule has 1 amide bonds. The first-order chi connectivity index (χ1) is 21.8. The van der Waals surface area contributed by atoms with E-state index >= 15 is 0 Å². The third-order valence-electron chi connectivity index (χ3n) is 9.52. The van der Waals surface area contributed by atoms with Crippen LogP contribution in [-0.2, 0) is 16.1 Å². The Morgan fingerprint density at radius 2 is 1.80 bits per heavy atom. The summed E-state index contributed by atoms with van der Waals surface area (Å²) in [5.41, 5.74) is 6.65. The van der Waals surface area contributed by atoms with Gasteiger partial charge in [0.25, 0.3) is 0 Å². The van der Waals surface area contributed by atoms with E-state index in [0.29, 0.717) is 32.2 Å². The molecule has 1 aliphatic carbocycles. The number of rotatable bonds is 6. The summed E-state index contributed by atoms with van der Waals surface area (Å²) in [6, 6.07) is 15.7. The highest BCUT2D eigenvalue weighted by Crippen LogP contribution is 2.46. The molecule has 2 aromatic heterocycles. The van der Waals surface area contributed by atoms with E-state index in [2.05, 4.69) is 22.8 Å². The quantitative estimate of drug-likeness (QED) is 0.237. The zero-order valence-electron chi connectivity index (χ0n) is 25.7. The molecule has 1 atom stereocenters. The van der Waals surface area contributed by atoms with Crippen LogP contribution in [-0.4, -0.2) is 73.4 Å². The Balaban J connectivity index is 1.39. The summed E-state index contributed by atoms with van der Waals surface area (Å²) in [7, 11) is 0. The number of hydroxylamine groups is 2. The highest BCUT2D eigenvalue weighted by atomic mass is 32.2. The number of nitrogens with zero attached hydrogens (tertiary/aromatic N) is 4. The number of benzene rings is 2. The van der Waals surface area contributed by atoms with Gasteiger partial charge in [-0.05, 0) is 74.1 Å². The SMILES string of the molecule is CC1=C(c2ccc3cc(-c4c(C5CCCCC5)c5ccc(C(=O)O)cc5n4CC(=O)N4CCOCC4)ccc3n2)SC(C)N1O. The van der Waals surface area contributed by atoms with Crippen LogP contribution in [0.4, 0.5) is 0 Å². The van der Waals surface area contributed by atoms with Gasteiger partial charge in [0.1, 0.15) is 11.9 Å². The van der Waals surface area contributed by atoms with Crippen LogP contribution in [0.2, 0.25) is 0 Å². The number of morpholine rings is 1. The van der Waals surface area contributed by atoms with Gasteiger partial charge < -0.3 is 19.3 Å². The van der Waals surface area contributed by atoms with Crippen molar-refractivity contribution in [3.05, 3.63) is 71.0 Å². The van der Waals surface area contributed by atoms with Crippen LogP contribution >= 0.6 is 11.8 Å². The van der Waals surface area contributed by atoms with Gasteiger partial charge in [0.2, 0.25) is 5.91 Å². The van der Waals surface area contributed by atoms with E-state index in [4.69, 9.17) is 9.72 Å². The largest absolute Gasteiger partial charge is 0.478 e. The van der Waals surface area contributed by atoms with E-state index in [1.165, 1.54) is 17.0 Å². The number of thioether (sulfide) groups is 1. The molecule has 2 aliphatic heterocycles. The number of aromatic nitrogens is 2. The van der Waals surface area contributed by atoms with Gasteiger partial charge in [-0.1, -0.05) is 49.2 Å². The molecule has 2 N–H and O–H groups in total. The Morgan fingerprint density at radius 3 is 2.51 bits per heavy atom. The molecule has 4 heterocycles. The Kier molecular flexibility index (Phi) is 8.05. The van der Waals surface area contributed by atoms with Gasteiger partial charge >= 0.3 is 5.97 Å². The van der Waals surface area contributed by atoms with E-state index in [1.807, 2.05) is 36.9 Å². The number of carbonyl (C=O) groups is 2. The standard InChI is InChI=1S/C35H38N4O5S/c1-21-34(45-22(2)39(21)43)29-13-9-24-18-25(10-12-28(24)36-29)33-32(23-6-4-3-5-7-23)27-11-8-26(35(41)42)19-30(27)38(33)20-31(40)37-14-16-44-17-15-37/h8-13,18-19,22-23,43H,3-7,14-17,20H2,1-2H3,(H,41,42). The lowest BCUT2D eigenvalue weighted by molar-refractivity contribution is -0.135. The van der Waals surface area contributed by atoms with Crippen LogP contribution in [0.5, 0.6) is 0 Å². The number of carbonyl (C=O) groups excluding carboxylic acids is 1. The molecule has 0 bridgehead atoms. The van der Waals surface area contributed by atoms with Crippen molar-refractivity contribution >= 4 is 50.3 Å². The molecule has 3 aliphatic rings. The number of ether oxygens (including phenoxy) is 1. The molecule has 45 heavy (non-hydrogen) atoms. The number of fused-ring (bicyclic) bond motifs is 2. The summed E-state index contributed by atoms with van der Waals surface area (Å²) < 4.78 is 7.56. The first-order valence-corrected chi connectivity index (χ1v) is 16.7. The molecule has 1 unspecified atom stereocenters. The minimum atomic E-state index is -0.984. The molecule has 4 aromatic rings. The van der Waals surface area contributed by atoms with Gasteiger partial charge in [0.05, 0.1) is 51.8 Å². The Hall–Kier alpha value is -3.86. The molecule has 9 nitrogen and oxygen atoms in total. The van der Waals surface area contributed by atoms with Crippen molar-refractivity contribution in [3.63, 3.8) is 0 Å². The maximum Gasteiger partial charge on any atom is 0.335 e. The third kappa shape index (κ3) is 5.49. The predicted molar refractivity (Wildman–Crippen MR) is 176 cm³/mol. The minimum Gasteiger partial charge on any atom is -0.478 e. The molecule has 1 saturated carbocycles. The number of amides is 1. The maximum absolute atomic E-state index is 13.7. The van der Waals surface area contributed by atoms with Crippen LogP contribution < -0.4 is 0 Å². The number of hydrogen-bond acceptors (Lipinski definition) is 7. The Labute approximate surface area is 266 Å². The average Bonchev–Trinajstić information content (AvgIpc) is 3.53. The first-order valence-electron chi connectivity index (χ1n) is 15.8. The fourth-order valence-electron chi connectivity index (χ4n) is 7.16. The van der Waals surface area contributed by atoms with E-state index in [1.54, 1.807) is 23.9 Å². The average molecular weight is 627 g/mol. The lowest BCUT2D eigenvalue weighted by Crippen LogP contribution is -2.42. The van der Waals surface area contributed by atoms with Gasteiger partial charge in [0, 0.05) is 23.9 Å². The van der Waals surface area contributed by atoms with Crippen molar-refractivity contribution < 1.29 is 24.6 Å².